The van der Waals surface area contributed by atoms with Gasteiger partial charge in [0.15, 0.2) is 0 Å². The highest BCUT2D eigenvalue weighted by Gasteiger charge is 2.32. The van der Waals surface area contributed by atoms with Crippen LogP contribution in [-0.4, -0.2) is 42.3 Å². The van der Waals surface area contributed by atoms with Crippen LogP contribution >= 0.6 is 0 Å². The third-order valence-electron chi connectivity index (χ3n) is 6.56. The molecule has 0 saturated heterocycles. The van der Waals surface area contributed by atoms with Crippen LogP contribution in [0.2, 0.25) is 0 Å². The first kappa shape index (κ1) is 24.3. The van der Waals surface area contributed by atoms with E-state index in [9.17, 15) is 19.5 Å². The number of hydrogen-bond acceptors (Lipinski definition) is 4. The third-order valence-corrected chi connectivity index (χ3v) is 6.56. The first-order valence-electron chi connectivity index (χ1n) is 11.4. The maximum Gasteiger partial charge on any atom is 0.407 e. The Hall–Kier alpha value is -3.35. The van der Waals surface area contributed by atoms with Crippen LogP contribution in [-0.2, 0) is 14.3 Å². The van der Waals surface area contributed by atoms with Gasteiger partial charge in [0.1, 0.15) is 6.61 Å². The van der Waals surface area contributed by atoms with E-state index in [1.165, 1.54) is 0 Å². The van der Waals surface area contributed by atoms with Gasteiger partial charge in [-0.25, -0.2) is 4.79 Å². The summed E-state index contributed by atoms with van der Waals surface area (Å²) in [4.78, 5) is 36.2. The predicted octanol–water partition coefficient (Wildman–Crippen LogP) is 4.31. The second kappa shape index (κ2) is 10.5. The second-order valence-corrected chi connectivity index (χ2v) is 8.78. The molecule has 176 valence electrons. The topological polar surface area (TPSA) is 105 Å². The molecule has 33 heavy (non-hydrogen) atoms. The third kappa shape index (κ3) is 5.53. The number of aliphatic carboxylic acids is 1. The van der Waals surface area contributed by atoms with Gasteiger partial charge in [-0.1, -0.05) is 62.4 Å². The predicted molar refractivity (Wildman–Crippen MR) is 126 cm³/mol. The number of benzene rings is 2. The number of amides is 2. The summed E-state index contributed by atoms with van der Waals surface area (Å²) >= 11 is 0. The lowest BCUT2D eigenvalue weighted by molar-refractivity contribution is -0.148. The molecule has 0 heterocycles. The summed E-state index contributed by atoms with van der Waals surface area (Å²) in [6.07, 6.45) is 0.430. The molecule has 0 radical (unpaired) electrons. The molecule has 7 heteroatoms. The number of carbonyl (C=O) groups excluding carboxylic acids is 2. The number of carboxylic acid groups (broad SMARTS) is 1. The van der Waals surface area contributed by atoms with Crippen molar-refractivity contribution in [2.24, 2.45) is 5.41 Å². The fourth-order valence-electron chi connectivity index (χ4n) is 4.05. The Morgan fingerprint density at radius 1 is 1.03 bits per heavy atom. The van der Waals surface area contributed by atoms with E-state index in [-0.39, 0.29) is 31.4 Å². The minimum absolute atomic E-state index is 0.0331. The van der Waals surface area contributed by atoms with Crippen LogP contribution < -0.4 is 10.6 Å². The molecule has 7 nitrogen and oxygen atoms in total. The van der Waals surface area contributed by atoms with Crippen molar-refractivity contribution in [3.8, 4) is 11.1 Å². The van der Waals surface area contributed by atoms with Gasteiger partial charge in [0, 0.05) is 24.9 Å². The van der Waals surface area contributed by atoms with E-state index in [0.717, 1.165) is 22.3 Å². The van der Waals surface area contributed by atoms with Crippen LogP contribution in [0.3, 0.4) is 0 Å². The van der Waals surface area contributed by atoms with Gasteiger partial charge in [-0.15, -0.1) is 0 Å². The van der Waals surface area contributed by atoms with Gasteiger partial charge < -0.3 is 20.5 Å². The Kier molecular flexibility index (Phi) is 7.74. The Balaban J connectivity index is 1.54. The van der Waals surface area contributed by atoms with Gasteiger partial charge in [0.2, 0.25) is 5.91 Å². The molecule has 0 aromatic heterocycles. The molecular weight excluding hydrogens is 420 g/mol. The number of carbonyl (C=O) groups is 3. The van der Waals surface area contributed by atoms with Crippen LogP contribution in [0.5, 0.6) is 0 Å². The van der Waals surface area contributed by atoms with Crippen molar-refractivity contribution < 1.29 is 24.2 Å². The zero-order chi connectivity index (χ0) is 24.0. The van der Waals surface area contributed by atoms with Crippen LogP contribution in [0, 0.1) is 5.41 Å². The molecule has 2 aromatic rings. The Labute approximate surface area is 194 Å². The average Bonchev–Trinajstić information content (AvgIpc) is 3.14. The number of hydrogen-bond donors (Lipinski definition) is 3. The summed E-state index contributed by atoms with van der Waals surface area (Å²) in [7, 11) is 0. The lowest BCUT2D eigenvalue weighted by Gasteiger charge is -2.24. The summed E-state index contributed by atoms with van der Waals surface area (Å²) in [6.45, 7) is 5.49. The molecule has 0 fully saturated rings. The quantitative estimate of drug-likeness (QED) is 0.498. The zero-order valence-electron chi connectivity index (χ0n) is 19.4. The standard InChI is InChI=1S/C26H32N2O5/c1-4-17(14-23(29)27-16-26(3,5-2)24(30)31)28-25(32)33-15-22-20-12-8-6-10-18(20)19-11-7-9-13-21(19)22/h6-13,17,22H,4-5,14-16H2,1-3H3,(H,27,29)(H,28,32)(H,30,31)/t17-,26?/m0/s1. The molecule has 2 amide bonds. The largest absolute Gasteiger partial charge is 0.481 e. The van der Waals surface area contributed by atoms with Gasteiger partial charge >= 0.3 is 12.1 Å². The van der Waals surface area contributed by atoms with Crippen LogP contribution in [0.15, 0.2) is 48.5 Å². The number of ether oxygens (including phenoxy) is 1. The first-order chi connectivity index (χ1) is 15.8. The summed E-state index contributed by atoms with van der Waals surface area (Å²) in [5.74, 6) is -1.29. The Morgan fingerprint density at radius 3 is 2.12 bits per heavy atom. The van der Waals surface area contributed by atoms with E-state index in [0.29, 0.717) is 12.8 Å². The minimum atomic E-state index is -1.02. The van der Waals surface area contributed by atoms with Crippen molar-refractivity contribution in [3.63, 3.8) is 0 Å². The molecule has 0 bridgehead atoms. The number of carboxylic acids is 1. The number of rotatable bonds is 10. The average molecular weight is 453 g/mol. The highest BCUT2D eigenvalue weighted by atomic mass is 16.5. The highest BCUT2D eigenvalue weighted by Crippen LogP contribution is 2.44. The molecule has 2 aromatic carbocycles. The van der Waals surface area contributed by atoms with Crippen molar-refractivity contribution in [2.45, 2.75) is 52.0 Å². The monoisotopic (exact) mass is 452 g/mol. The number of fused-ring (bicyclic) bond motifs is 3. The van der Waals surface area contributed by atoms with Crippen molar-refractivity contribution in [3.05, 3.63) is 59.7 Å². The molecule has 1 unspecified atom stereocenters. The van der Waals surface area contributed by atoms with Crippen molar-refractivity contribution in [1.29, 1.82) is 0 Å². The molecule has 1 aliphatic rings. The van der Waals surface area contributed by atoms with E-state index in [2.05, 4.69) is 34.9 Å². The van der Waals surface area contributed by atoms with Gasteiger partial charge in [-0.05, 0) is 42.0 Å². The molecule has 3 rings (SSSR count). The Bertz CT molecular complexity index is 976. The van der Waals surface area contributed by atoms with Gasteiger partial charge in [0.25, 0.3) is 0 Å². The van der Waals surface area contributed by atoms with E-state index in [1.54, 1.807) is 13.8 Å². The molecule has 0 spiro atoms. The SMILES string of the molecule is CC[C@@H](CC(=O)NCC(C)(CC)C(=O)O)NC(=O)OCC1c2ccccc2-c2ccccc21. The summed E-state index contributed by atoms with van der Waals surface area (Å²) in [5.41, 5.74) is 3.57. The molecule has 0 saturated carbocycles. The van der Waals surface area contributed by atoms with E-state index < -0.39 is 23.5 Å². The molecule has 1 aliphatic carbocycles. The molecular formula is C26H32N2O5. The smallest absolute Gasteiger partial charge is 0.407 e. The van der Waals surface area contributed by atoms with E-state index in [1.807, 2.05) is 31.2 Å². The maximum absolute atomic E-state index is 12.5. The lowest BCUT2D eigenvalue weighted by atomic mass is 9.87. The van der Waals surface area contributed by atoms with E-state index >= 15 is 0 Å². The summed E-state index contributed by atoms with van der Waals surface area (Å²) < 4.78 is 5.56. The van der Waals surface area contributed by atoms with Crippen molar-refractivity contribution >= 4 is 18.0 Å². The zero-order valence-corrected chi connectivity index (χ0v) is 19.4. The highest BCUT2D eigenvalue weighted by molar-refractivity contribution is 5.80. The molecule has 2 atom stereocenters. The first-order valence-corrected chi connectivity index (χ1v) is 11.4. The minimum Gasteiger partial charge on any atom is -0.481 e. The van der Waals surface area contributed by atoms with Gasteiger partial charge in [-0.3, -0.25) is 9.59 Å². The van der Waals surface area contributed by atoms with Crippen LogP contribution in [0.4, 0.5) is 4.79 Å². The number of alkyl carbamates (subject to hydrolysis) is 1. The summed E-state index contributed by atoms with van der Waals surface area (Å²) in [6, 6.07) is 15.8. The summed E-state index contributed by atoms with van der Waals surface area (Å²) in [5, 5.41) is 14.8. The van der Waals surface area contributed by atoms with Crippen LogP contribution in [0.25, 0.3) is 11.1 Å². The van der Waals surface area contributed by atoms with Gasteiger partial charge in [-0.2, -0.15) is 0 Å². The lowest BCUT2D eigenvalue weighted by Crippen LogP contribution is -2.43. The normalized spacial score (nSPS) is 15.0. The van der Waals surface area contributed by atoms with Crippen LogP contribution in [0.1, 0.15) is 57.1 Å². The van der Waals surface area contributed by atoms with Gasteiger partial charge in [0.05, 0.1) is 5.41 Å². The van der Waals surface area contributed by atoms with Crippen molar-refractivity contribution in [2.75, 3.05) is 13.2 Å². The van der Waals surface area contributed by atoms with E-state index in [4.69, 9.17) is 4.74 Å². The number of nitrogens with one attached hydrogen (secondary N) is 2. The maximum atomic E-state index is 12.5. The second-order valence-electron chi connectivity index (χ2n) is 8.78. The van der Waals surface area contributed by atoms with Crippen molar-refractivity contribution in [1.82, 2.24) is 10.6 Å². The molecule has 3 N–H and O–H groups in total. The molecule has 0 aliphatic heterocycles. The fourth-order valence-corrected chi connectivity index (χ4v) is 4.05. The fraction of sp³-hybridized carbons (Fsp3) is 0.423. The Morgan fingerprint density at radius 2 is 1.61 bits per heavy atom.